The van der Waals surface area contributed by atoms with Crippen molar-refractivity contribution in [3.05, 3.63) is 30.1 Å². The summed E-state index contributed by atoms with van der Waals surface area (Å²) in [5.74, 6) is 2.85. The van der Waals surface area contributed by atoms with Crippen LogP contribution in [0.3, 0.4) is 0 Å². The van der Waals surface area contributed by atoms with Crippen molar-refractivity contribution < 1.29 is 0 Å². The molecule has 2 aliphatic rings. The van der Waals surface area contributed by atoms with E-state index in [0.717, 1.165) is 17.4 Å². The Kier molecular flexibility index (Phi) is 1.56. The van der Waals surface area contributed by atoms with Gasteiger partial charge < -0.3 is 9.88 Å². The summed E-state index contributed by atoms with van der Waals surface area (Å²) in [4.78, 5) is 4.64. The van der Waals surface area contributed by atoms with Gasteiger partial charge in [-0.05, 0) is 30.9 Å². The Balaban J connectivity index is 1.88. The van der Waals surface area contributed by atoms with Crippen molar-refractivity contribution in [1.82, 2.24) is 14.9 Å². The zero-order valence-corrected chi connectivity index (χ0v) is 9.35. The molecule has 1 aromatic heterocycles. The van der Waals surface area contributed by atoms with Gasteiger partial charge in [-0.1, -0.05) is 12.1 Å². The van der Waals surface area contributed by atoms with E-state index < -0.39 is 0 Å². The Morgan fingerprint density at radius 2 is 2.00 bits per heavy atom. The number of fused-ring (bicyclic) bond motifs is 2. The number of aryl methyl sites for hydroxylation is 1. The highest BCUT2D eigenvalue weighted by atomic mass is 15.2. The largest absolute Gasteiger partial charge is 0.324 e. The Hall–Kier alpha value is -1.35. The normalized spacial score (nSPS) is 31.9. The molecule has 0 radical (unpaired) electrons. The van der Waals surface area contributed by atoms with Crippen LogP contribution >= 0.6 is 0 Å². The third kappa shape index (κ3) is 0.990. The van der Waals surface area contributed by atoms with Crippen LogP contribution in [0.2, 0.25) is 0 Å². The van der Waals surface area contributed by atoms with Gasteiger partial charge in [-0.15, -0.1) is 0 Å². The predicted octanol–water partition coefficient (Wildman–Crippen LogP) is 1.74. The lowest BCUT2D eigenvalue weighted by Crippen LogP contribution is -2.17. The number of nitrogens with one attached hydrogen (secondary N) is 1. The van der Waals surface area contributed by atoms with Gasteiger partial charge in [-0.3, -0.25) is 0 Å². The van der Waals surface area contributed by atoms with E-state index in [1.54, 1.807) is 0 Å². The maximum Gasteiger partial charge on any atom is 0.107 e. The molecule has 1 aliphatic heterocycles. The fraction of sp³-hybridized carbons (Fsp3) is 0.462. The second kappa shape index (κ2) is 2.86. The van der Waals surface area contributed by atoms with Crippen LogP contribution in [-0.4, -0.2) is 22.6 Å². The Labute approximate surface area is 94.5 Å². The lowest BCUT2D eigenvalue weighted by molar-refractivity contribution is 0.570. The fourth-order valence-electron chi connectivity index (χ4n) is 3.31. The zero-order chi connectivity index (χ0) is 10.7. The smallest absolute Gasteiger partial charge is 0.107 e. The molecule has 1 unspecified atom stereocenters. The van der Waals surface area contributed by atoms with E-state index in [0.29, 0.717) is 6.04 Å². The van der Waals surface area contributed by atoms with Gasteiger partial charge in [-0.2, -0.15) is 0 Å². The number of rotatable bonds is 1. The van der Waals surface area contributed by atoms with Crippen LogP contribution in [0.4, 0.5) is 0 Å². The van der Waals surface area contributed by atoms with Gasteiger partial charge in [0.2, 0.25) is 0 Å². The van der Waals surface area contributed by atoms with Crippen LogP contribution in [0.1, 0.15) is 11.9 Å². The molecule has 1 saturated heterocycles. The topological polar surface area (TPSA) is 29.9 Å². The van der Waals surface area contributed by atoms with Crippen LogP contribution in [0.15, 0.2) is 24.3 Å². The minimum atomic E-state index is 0.702. The second-order valence-electron chi connectivity index (χ2n) is 4.99. The van der Waals surface area contributed by atoms with Crippen molar-refractivity contribution >= 4 is 11.0 Å². The molecule has 0 spiro atoms. The quantitative estimate of drug-likeness (QED) is 0.782. The van der Waals surface area contributed by atoms with Crippen molar-refractivity contribution in [3.63, 3.8) is 0 Å². The van der Waals surface area contributed by atoms with E-state index in [1.165, 1.54) is 24.4 Å². The summed E-state index contributed by atoms with van der Waals surface area (Å²) in [5.41, 5.74) is 2.44. The van der Waals surface area contributed by atoms with Crippen molar-refractivity contribution in [2.24, 2.45) is 11.8 Å². The van der Waals surface area contributed by atoms with Gasteiger partial charge in [0.1, 0.15) is 5.82 Å². The van der Waals surface area contributed by atoms with Crippen molar-refractivity contribution in [2.75, 3.05) is 13.1 Å². The SMILES string of the molecule is Cc1nc2ccccc2n1C1[C@H]2CNC[C@@H]12. The van der Waals surface area contributed by atoms with Gasteiger partial charge in [0, 0.05) is 19.1 Å². The van der Waals surface area contributed by atoms with Gasteiger partial charge in [0.05, 0.1) is 11.0 Å². The van der Waals surface area contributed by atoms with E-state index in [-0.39, 0.29) is 0 Å². The summed E-state index contributed by atoms with van der Waals surface area (Å²) in [5, 5.41) is 3.45. The molecule has 0 bridgehead atoms. The van der Waals surface area contributed by atoms with Crippen LogP contribution < -0.4 is 5.32 Å². The summed E-state index contributed by atoms with van der Waals surface area (Å²) in [6, 6.07) is 9.17. The van der Waals surface area contributed by atoms with E-state index in [4.69, 9.17) is 0 Å². The molecule has 1 saturated carbocycles. The van der Waals surface area contributed by atoms with Crippen LogP contribution in [-0.2, 0) is 0 Å². The molecule has 2 fully saturated rings. The maximum absolute atomic E-state index is 4.64. The summed E-state index contributed by atoms with van der Waals surface area (Å²) in [6.45, 7) is 4.49. The molecule has 1 aromatic carbocycles. The zero-order valence-electron chi connectivity index (χ0n) is 9.35. The molecular formula is C13H15N3. The van der Waals surface area contributed by atoms with E-state index >= 15 is 0 Å². The van der Waals surface area contributed by atoms with Crippen molar-refractivity contribution in [3.8, 4) is 0 Å². The number of benzene rings is 1. The third-order valence-electron chi connectivity index (χ3n) is 4.12. The summed E-state index contributed by atoms with van der Waals surface area (Å²) in [6.07, 6.45) is 0. The summed E-state index contributed by atoms with van der Waals surface area (Å²) < 4.78 is 2.45. The number of hydrogen-bond acceptors (Lipinski definition) is 2. The lowest BCUT2D eigenvalue weighted by atomic mass is 10.3. The lowest BCUT2D eigenvalue weighted by Gasteiger charge is -2.09. The maximum atomic E-state index is 4.64. The number of hydrogen-bond donors (Lipinski definition) is 1. The average molecular weight is 213 g/mol. The van der Waals surface area contributed by atoms with E-state index in [1.807, 2.05) is 0 Å². The minimum absolute atomic E-state index is 0.702. The Morgan fingerprint density at radius 3 is 2.81 bits per heavy atom. The molecule has 82 valence electrons. The molecule has 2 aromatic rings. The summed E-state index contributed by atoms with van der Waals surface area (Å²) in [7, 11) is 0. The first-order chi connectivity index (χ1) is 7.86. The van der Waals surface area contributed by atoms with Crippen molar-refractivity contribution in [1.29, 1.82) is 0 Å². The fourth-order valence-corrected chi connectivity index (χ4v) is 3.31. The van der Waals surface area contributed by atoms with Gasteiger partial charge in [0.25, 0.3) is 0 Å². The number of piperidine rings is 1. The van der Waals surface area contributed by atoms with Gasteiger partial charge in [-0.25, -0.2) is 4.98 Å². The number of nitrogens with zero attached hydrogens (tertiary/aromatic N) is 2. The average Bonchev–Trinajstić information content (AvgIpc) is 2.69. The first-order valence-corrected chi connectivity index (χ1v) is 6.00. The van der Waals surface area contributed by atoms with E-state index in [9.17, 15) is 0 Å². The van der Waals surface area contributed by atoms with Gasteiger partial charge >= 0.3 is 0 Å². The molecule has 0 amide bonds. The third-order valence-corrected chi connectivity index (χ3v) is 4.12. The van der Waals surface area contributed by atoms with Crippen molar-refractivity contribution in [2.45, 2.75) is 13.0 Å². The first kappa shape index (κ1) is 8.76. The highest BCUT2D eigenvalue weighted by Gasteiger charge is 2.54. The standard InChI is InChI=1S/C13H15N3/c1-8-15-11-4-2-3-5-12(11)16(8)13-9-6-14-7-10(9)13/h2-5,9-10,13-14H,6-7H2,1H3/t9-,10+,13?. The molecule has 3 nitrogen and oxygen atoms in total. The Morgan fingerprint density at radius 1 is 1.25 bits per heavy atom. The monoisotopic (exact) mass is 213 g/mol. The molecule has 2 heterocycles. The number of aromatic nitrogens is 2. The first-order valence-electron chi connectivity index (χ1n) is 6.00. The van der Waals surface area contributed by atoms with Crippen LogP contribution in [0.25, 0.3) is 11.0 Å². The molecule has 1 aliphatic carbocycles. The molecular weight excluding hydrogens is 198 g/mol. The summed E-state index contributed by atoms with van der Waals surface area (Å²) >= 11 is 0. The predicted molar refractivity (Wildman–Crippen MR) is 63.4 cm³/mol. The van der Waals surface area contributed by atoms with Crippen LogP contribution in [0, 0.1) is 18.8 Å². The minimum Gasteiger partial charge on any atom is -0.324 e. The van der Waals surface area contributed by atoms with Crippen LogP contribution in [0.5, 0.6) is 0 Å². The number of imidazole rings is 1. The molecule has 3 atom stereocenters. The molecule has 16 heavy (non-hydrogen) atoms. The highest BCUT2D eigenvalue weighted by Crippen LogP contribution is 2.53. The number of para-hydroxylation sites is 2. The Bertz CT molecular complexity index is 547. The van der Waals surface area contributed by atoms with Gasteiger partial charge in [0.15, 0.2) is 0 Å². The molecule has 3 heteroatoms. The molecule has 1 N–H and O–H groups in total. The second-order valence-corrected chi connectivity index (χ2v) is 4.99. The molecule has 4 rings (SSSR count). The highest BCUT2D eigenvalue weighted by molar-refractivity contribution is 5.76. The van der Waals surface area contributed by atoms with E-state index in [2.05, 4.69) is 46.1 Å².